The lowest BCUT2D eigenvalue weighted by molar-refractivity contribution is -0.128. The number of carbonyl (C=O) groups excluding carboxylic acids is 2. The van der Waals surface area contributed by atoms with Gasteiger partial charge in [0.25, 0.3) is 11.8 Å². The van der Waals surface area contributed by atoms with E-state index in [2.05, 4.69) is 10.9 Å². The molecule has 0 aliphatic heterocycles. The molecule has 0 aromatic heterocycles. The van der Waals surface area contributed by atoms with E-state index in [9.17, 15) is 18.0 Å². The molecule has 0 aliphatic rings. The van der Waals surface area contributed by atoms with Crippen LogP contribution in [0.25, 0.3) is 0 Å². The van der Waals surface area contributed by atoms with E-state index in [1.54, 1.807) is 31.2 Å². The number of benzene rings is 2. The van der Waals surface area contributed by atoms with Crippen molar-refractivity contribution < 1.29 is 22.7 Å². The van der Waals surface area contributed by atoms with Gasteiger partial charge in [0.15, 0.2) is 15.9 Å². The molecule has 0 bridgehead atoms. The Morgan fingerprint density at radius 2 is 1.72 bits per heavy atom. The second-order valence-electron chi connectivity index (χ2n) is 6.84. The van der Waals surface area contributed by atoms with E-state index in [-0.39, 0.29) is 11.3 Å². The Morgan fingerprint density at radius 1 is 1.10 bits per heavy atom. The van der Waals surface area contributed by atoms with Crippen LogP contribution in [0.1, 0.15) is 34.0 Å². The van der Waals surface area contributed by atoms with Crippen molar-refractivity contribution in [2.24, 2.45) is 0 Å². The fraction of sp³-hybridized carbons (Fsp3) is 0.300. The van der Waals surface area contributed by atoms with Crippen LogP contribution in [0.15, 0.2) is 36.4 Å². The molecule has 0 saturated heterocycles. The molecule has 0 fully saturated rings. The number of rotatable bonds is 6. The van der Waals surface area contributed by atoms with Gasteiger partial charge in [-0.25, -0.2) is 8.42 Å². The Labute approximate surface area is 175 Å². The van der Waals surface area contributed by atoms with Crippen LogP contribution in [-0.4, -0.2) is 32.6 Å². The third-order valence-corrected chi connectivity index (χ3v) is 5.08. The number of amides is 2. The number of hydrazine groups is 1. The maximum Gasteiger partial charge on any atom is 0.279 e. The highest BCUT2D eigenvalue weighted by Crippen LogP contribution is 2.27. The van der Waals surface area contributed by atoms with Crippen LogP contribution in [0, 0.1) is 13.8 Å². The Balaban J connectivity index is 1.98. The van der Waals surface area contributed by atoms with Gasteiger partial charge in [-0.1, -0.05) is 23.7 Å². The number of aryl methyl sites for hydroxylation is 2. The molecule has 29 heavy (non-hydrogen) atoms. The lowest BCUT2D eigenvalue weighted by atomic mass is 10.1. The predicted octanol–water partition coefficient (Wildman–Crippen LogP) is 2.73. The summed E-state index contributed by atoms with van der Waals surface area (Å²) in [6.45, 7) is 5.20. The monoisotopic (exact) mass is 438 g/mol. The topological polar surface area (TPSA) is 102 Å². The van der Waals surface area contributed by atoms with Gasteiger partial charge in [-0.3, -0.25) is 20.4 Å². The van der Waals surface area contributed by atoms with Crippen LogP contribution in [-0.2, 0) is 20.4 Å². The number of hydrogen-bond donors (Lipinski definition) is 2. The molecule has 156 valence electrons. The Morgan fingerprint density at radius 3 is 2.31 bits per heavy atom. The molecule has 2 aromatic rings. The average Bonchev–Trinajstić information content (AvgIpc) is 2.60. The summed E-state index contributed by atoms with van der Waals surface area (Å²) >= 11 is 5.99. The summed E-state index contributed by atoms with van der Waals surface area (Å²) in [6, 6.07) is 9.65. The van der Waals surface area contributed by atoms with Crippen molar-refractivity contribution in [2.45, 2.75) is 32.6 Å². The first-order chi connectivity index (χ1) is 13.5. The summed E-state index contributed by atoms with van der Waals surface area (Å²) in [5.74, 6) is -0.735. The van der Waals surface area contributed by atoms with Crippen LogP contribution in [0.5, 0.6) is 5.75 Å². The summed E-state index contributed by atoms with van der Waals surface area (Å²) in [5, 5.41) is 0.579. The minimum Gasteiger partial charge on any atom is -0.480 e. The number of halogens is 1. The minimum atomic E-state index is -3.22. The molecule has 2 amide bonds. The number of carbonyl (C=O) groups is 2. The first-order valence-electron chi connectivity index (χ1n) is 8.76. The van der Waals surface area contributed by atoms with Crippen molar-refractivity contribution in [2.75, 3.05) is 6.26 Å². The van der Waals surface area contributed by atoms with Gasteiger partial charge in [0.1, 0.15) is 5.75 Å². The molecule has 0 unspecified atom stereocenters. The molecule has 1 atom stereocenters. The van der Waals surface area contributed by atoms with Crippen LogP contribution < -0.4 is 15.6 Å². The number of nitrogens with one attached hydrogen (secondary N) is 2. The number of hydrogen-bond acceptors (Lipinski definition) is 5. The molecule has 2 aromatic carbocycles. The average molecular weight is 439 g/mol. The van der Waals surface area contributed by atoms with Crippen LogP contribution in [0.2, 0.25) is 5.02 Å². The molecular weight excluding hydrogens is 416 g/mol. The molecular formula is C20H23ClN2O5S. The van der Waals surface area contributed by atoms with E-state index >= 15 is 0 Å². The van der Waals surface area contributed by atoms with E-state index in [1.807, 2.05) is 13.8 Å². The second-order valence-corrected chi connectivity index (χ2v) is 9.42. The molecule has 2 rings (SSSR count). The molecule has 0 radical (unpaired) electrons. The maximum absolute atomic E-state index is 12.3. The van der Waals surface area contributed by atoms with E-state index in [0.717, 1.165) is 17.4 Å². The van der Waals surface area contributed by atoms with Crippen LogP contribution >= 0.6 is 11.6 Å². The van der Waals surface area contributed by atoms with Gasteiger partial charge < -0.3 is 4.74 Å². The highest BCUT2D eigenvalue weighted by Gasteiger charge is 2.18. The quantitative estimate of drug-likeness (QED) is 0.675. The first kappa shape index (κ1) is 22.7. The molecule has 0 heterocycles. The molecule has 9 heteroatoms. The zero-order valence-corrected chi connectivity index (χ0v) is 18.1. The van der Waals surface area contributed by atoms with Gasteiger partial charge in [0.05, 0.1) is 5.75 Å². The fourth-order valence-electron chi connectivity index (χ4n) is 2.71. The Hall–Kier alpha value is -2.58. The summed E-state index contributed by atoms with van der Waals surface area (Å²) in [7, 11) is -3.22. The highest BCUT2D eigenvalue weighted by atomic mass is 35.5. The molecule has 2 N–H and O–H groups in total. The van der Waals surface area contributed by atoms with Gasteiger partial charge in [0.2, 0.25) is 0 Å². The Bertz CT molecular complexity index is 1010. The Kier molecular flexibility index (Phi) is 7.26. The van der Waals surface area contributed by atoms with Gasteiger partial charge in [-0.05, 0) is 61.7 Å². The summed E-state index contributed by atoms with van der Waals surface area (Å²) < 4.78 is 28.5. The smallest absolute Gasteiger partial charge is 0.279 e. The van der Waals surface area contributed by atoms with E-state index in [4.69, 9.17) is 16.3 Å². The van der Waals surface area contributed by atoms with Gasteiger partial charge in [0, 0.05) is 16.8 Å². The van der Waals surface area contributed by atoms with Gasteiger partial charge in [-0.2, -0.15) is 0 Å². The third-order valence-electron chi connectivity index (χ3n) is 4.01. The lowest BCUT2D eigenvalue weighted by Gasteiger charge is -2.18. The minimum absolute atomic E-state index is 0.175. The summed E-state index contributed by atoms with van der Waals surface area (Å²) in [4.78, 5) is 24.5. The second kappa shape index (κ2) is 9.28. The van der Waals surface area contributed by atoms with Crippen LogP contribution in [0.3, 0.4) is 0 Å². The molecule has 7 nitrogen and oxygen atoms in total. The standard InChI is InChI=1S/C20H23ClN2O5S/c1-12-8-17(21)9-13(2)18(12)28-14(3)19(24)22-23-20(25)16-7-5-6-15(10-16)11-29(4,26)27/h5-10,14H,11H2,1-4H3,(H,22,24)(H,23,25)/t14-/m1/s1. The third kappa shape index (κ3) is 6.76. The highest BCUT2D eigenvalue weighted by molar-refractivity contribution is 7.89. The molecule has 0 aliphatic carbocycles. The van der Waals surface area contributed by atoms with Crippen molar-refractivity contribution in [3.8, 4) is 5.75 Å². The largest absolute Gasteiger partial charge is 0.480 e. The molecule has 0 spiro atoms. The van der Waals surface area contributed by atoms with Crippen molar-refractivity contribution >= 4 is 33.3 Å². The normalized spacial score (nSPS) is 12.2. The van der Waals surface area contributed by atoms with Crippen LogP contribution in [0.4, 0.5) is 0 Å². The summed E-state index contributed by atoms with van der Waals surface area (Å²) in [5.41, 5.74) is 6.91. The van der Waals surface area contributed by atoms with Gasteiger partial charge >= 0.3 is 0 Å². The van der Waals surface area contributed by atoms with E-state index < -0.39 is 27.8 Å². The lowest BCUT2D eigenvalue weighted by Crippen LogP contribution is -2.47. The summed E-state index contributed by atoms with van der Waals surface area (Å²) in [6.07, 6.45) is 0.247. The van der Waals surface area contributed by atoms with Crippen molar-refractivity contribution in [1.29, 1.82) is 0 Å². The van der Waals surface area contributed by atoms with Crippen molar-refractivity contribution in [1.82, 2.24) is 10.9 Å². The predicted molar refractivity (Wildman–Crippen MR) is 112 cm³/mol. The molecule has 0 saturated carbocycles. The number of sulfone groups is 1. The maximum atomic E-state index is 12.3. The van der Waals surface area contributed by atoms with Crippen molar-refractivity contribution in [3.63, 3.8) is 0 Å². The zero-order chi connectivity index (χ0) is 21.8. The first-order valence-corrected chi connectivity index (χ1v) is 11.2. The SMILES string of the molecule is Cc1cc(Cl)cc(C)c1O[C@H](C)C(=O)NNC(=O)c1cccc(CS(C)(=O)=O)c1. The fourth-order valence-corrected chi connectivity index (χ4v) is 3.82. The van der Waals surface area contributed by atoms with Gasteiger partial charge in [-0.15, -0.1) is 0 Å². The number of ether oxygens (including phenoxy) is 1. The van der Waals surface area contributed by atoms with E-state index in [1.165, 1.54) is 12.1 Å². The van der Waals surface area contributed by atoms with E-state index in [0.29, 0.717) is 16.3 Å². The zero-order valence-electron chi connectivity index (χ0n) is 16.6. The van der Waals surface area contributed by atoms with Crippen molar-refractivity contribution in [3.05, 3.63) is 63.7 Å².